The molecule has 5 rings (SSSR count). The highest BCUT2D eigenvalue weighted by molar-refractivity contribution is 6.10. The molecule has 1 aromatic carbocycles. The molecule has 2 fully saturated rings. The number of nitrogens with zero attached hydrogens (tertiary/aromatic N) is 2. The Morgan fingerprint density at radius 3 is 2.24 bits per heavy atom. The van der Waals surface area contributed by atoms with Crippen LogP contribution in [0.4, 0.5) is 11.4 Å². The second-order valence-electron chi connectivity index (χ2n) is 8.06. The van der Waals surface area contributed by atoms with Crippen LogP contribution >= 0.6 is 0 Å². The van der Waals surface area contributed by atoms with Crippen molar-refractivity contribution in [1.29, 1.82) is 0 Å². The zero-order valence-corrected chi connectivity index (χ0v) is 16.3. The number of non-ortho nitro benzene ring substituents is 1. The van der Waals surface area contributed by atoms with Gasteiger partial charge in [0.25, 0.3) is 5.69 Å². The first-order valence-electron chi connectivity index (χ1n) is 9.94. The number of amides is 3. The largest absolute Gasteiger partial charge is 0.324 e. The molecule has 2 bridgehead atoms. The fourth-order valence-electron chi connectivity index (χ4n) is 5.01. The van der Waals surface area contributed by atoms with Gasteiger partial charge in [-0.1, -0.05) is 19.1 Å². The first-order valence-corrected chi connectivity index (χ1v) is 9.94. The van der Waals surface area contributed by atoms with E-state index in [4.69, 9.17) is 0 Å². The Balaban J connectivity index is 1.56. The van der Waals surface area contributed by atoms with Gasteiger partial charge < -0.3 is 5.32 Å². The molecule has 4 aliphatic rings. The number of nitro groups is 1. The van der Waals surface area contributed by atoms with Crippen molar-refractivity contribution < 1.29 is 19.3 Å². The van der Waals surface area contributed by atoms with Gasteiger partial charge in [0, 0.05) is 17.8 Å². The molecule has 1 heterocycles. The number of hydrogen-bond donors (Lipinski definition) is 1. The number of likely N-dealkylation sites (tertiary alicyclic amines) is 1. The van der Waals surface area contributed by atoms with Crippen LogP contribution in [0.3, 0.4) is 0 Å². The molecule has 1 aromatic rings. The van der Waals surface area contributed by atoms with Gasteiger partial charge in [0.15, 0.2) is 0 Å². The van der Waals surface area contributed by atoms with Crippen LogP contribution in [0.25, 0.3) is 0 Å². The molecule has 5 unspecified atom stereocenters. The SMILES string of the molecule is CCC(C(=O)Nc1ccc([N+](=O)[O-])cc1C)N1C(=O)C2C3C=CC(CC3)C2C1=O. The molecule has 5 atom stereocenters. The highest BCUT2D eigenvalue weighted by Gasteiger charge is 2.58. The predicted octanol–water partition coefficient (Wildman–Crippen LogP) is 2.82. The van der Waals surface area contributed by atoms with Crippen molar-refractivity contribution in [2.75, 3.05) is 5.32 Å². The zero-order valence-electron chi connectivity index (χ0n) is 16.3. The van der Waals surface area contributed by atoms with E-state index in [2.05, 4.69) is 5.32 Å². The van der Waals surface area contributed by atoms with E-state index < -0.39 is 16.9 Å². The number of allylic oxidation sites excluding steroid dienone is 2. The second kappa shape index (κ2) is 7.09. The average Bonchev–Trinajstić information content (AvgIpc) is 2.98. The van der Waals surface area contributed by atoms with Crippen LogP contribution in [0.5, 0.6) is 0 Å². The molecule has 0 spiro atoms. The third-order valence-electron chi connectivity index (χ3n) is 6.47. The van der Waals surface area contributed by atoms with Gasteiger partial charge >= 0.3 is 0 Å². The number of imide groups is 1. The molecule has 3 amide bonds. The van der Waals surface area contributed by atoms with Crippen molar-refractivity contribution in [3.8, 4) is 0 Å². The van der Waals surface area contributed by atoms with Gasteiger partial charge in [0.05, 0.1) is 16.8 Å². The lowest BCUT2D eigenvalue weighted by Crippen LogP contribution is -2.47. The molecule has 152 valence electrons. The number of anilines is 1. The van der Waals surface area contributed by atoms with Gasteiger partial charge in [0.1, 0.15) is 6.04 Å². The summed E-state index contributed by atoms with van der Waals surface area (Å²) < 4.78 is 0. The topological polar surface area (TPSA) is 110 Å². The third-order valence-corrected chi connectivity index (χ3v) is 6.47. The molecule has 1 N–H and O–H groups in total. The molecular weight excluding hydrogens is 374 g/mol. The average molecular weight is 397 g/mol. The molecule has 8 heteroatoms. The number of rotatable bonds is 5. The minimum Gasteiger partial charge on any atom is -0.324 e. The Labute approximate surface area is 168 Å². The molecule has 1 saturated carbocycles. The maximum absolute atomic E-state index is 13.1. The van der Waals surface area contributed by atoms with Crippen LogP contribution in [-0.2, 0) is 14.4 Å². The molecule has 3 aliphatic carbocycles. The van der Waals surface area contributed by atoms with Crippen LogP contribution in [0.1, 0.15) is 31.7 Å². The minimum atomic E-state index is -0.894. The quantitative estimate of drug-likeness (QED) is 0.356. The summed E-state index contributed by atoms with van der Waals surface area (Å²) in [7, 11) is 0. The van der Waals surface area contributed by atoms with Gasteiger partial charge in [-0.3, -0.25) is 29.4 Å². The number of carbonyl (C=O) groups is 3. The van der Waals surface area contributed by atoms with Crippen LogP contribution in [-0.4, -0.2) is 33.6 Å². The number of carbonyl (C=O) groups excluding carboxylic acids is 3. The van der Waals surface area contributed by atoms with E-state index >= 15 is 0 Å². The Morgan fingerprint density at radius 1 is 1.21 bits per heavy atom. The summed E-state index contributed by atoms with van der Waals surface area (Å²) in [5.74, 6) is -1.51. The fraction of sp³-hybridized carbons (Fsp3) is 0.476. The van der Waals surface area contributed by atoms with E-state index in [1.165, 1.54) is 23.1 Å². The molecule has 1 aliphatic heterocycles. The molecule has 29 heavy (non-hydrogen) atoms. The van der Waals surface area contributed by atoms with Crippen molar-refractivity contribution in [1.82, 2.24) is 4.90 Å². The highest BCUT2D eigenvalue weighted by atomic mass is 16.6. The van der Waals surface area contributed by atoms with E-state index in [1.807, 2.05) is 12.2 Å². The number of hydrogen-bond acceptors (Lipinski definition) is 5. The van der Waals surface area contributed by atoms with E-state index in [1.54, 1.807) is 13.8 Å². The number of benzene rings is 1. The number of aryl methyl sites for hydroxylation is 1. The Kier molecular flexibility index (Phi) is 4.72. The van der Waals surface area contributed by atoms with Gasteiger partial charge in [0.2, 0.25) is 17.7 Å². The summed E-state index contributed by atoms with van der Waals surface area (Å²) >= 11 is 0. The molecule has 0 radical (unpaired) electrons. The van der Waals surface area contributed by atoms with Crippen molar-refractivity contribution in [3.05, 3.63) is 46.0 Å². The van der Waals surface area contributed by atoms with E-state index in [0.717, 1.165) is 12.8 Å². The monoisotopic (exact) mass is 397 g/mol. The Hall–Kier alpha value is -3.03. The van der Waals surface area contributed by atoms with Crippen LogP contribution in [0.15, 0.2) is 30.4 Å². The lowest BCUT2D eigenvalue weighted by Gasteiger charge is -2.38. The van der Waals surface area contributed by atoms with Gasteiger partial charge in [-0.05, 0) is 49.7 Å². The van der Waals surface area contributed by atoms with Gasteiger partial charge in [-0.15, -0.1) is 0 Å². The molecular formula is C21H23N3O5. The number of nitro benzene ring substituents is 1. The van der Waals surface area contributed by atoms with Crippen molar-refractivity contribution in [2.45, 2.75) is 39.2 Å². The first-order chi connectivity index (χ1) is 13.8. The third kappa shape index (κ3) is 3.03. The summed E-state index contributed by atoms with van der Waals surface area (Å²) in [5, 5.41) is 13.6. The normalized spacial score (nSPS) is 28.4. The smallest absolute Gasteiger partial charge is 0.269 e. The zero-order chi connectivity index (χ0) is 20.9. The van der Waals surface area contributed by atoms with Crippen LogP contribution in [0.2, 0.25) is 0 Å². The van der Waals surface area contributed by atoms with Crippen LogP contribution < -0.4 is 5.32 Å². The summed E-state index contributed by atoms with van der Waals surface area (Å²) in [6.07, 6.45) is 6.20. The standard InChI is InChI=1S/C21H23N3O5/c1-3-16(19(25)22-15-9-8-14(24(28)29)10-11(15)2)23-20(26)17-12-4-5-13(7-6-12)18(17)21(23)27/h4-5,8-10,12-13,16-18H,3,6-7H2,1-2H3,(H,22,25). The summed E-state index contributed by atoms with van der Waals surface area (Å²) in [6.45, 7) is 3.43. The second-order valence-corrected chi connectivity index (χ2v) is 8.06. The number of fused-ring (bicyclic) bond motifs is 1. The maximum atomic E-state index is 13.1. The Bertz CT molecular complexity index is 908. The fourth-order valence-corrected chi connectivity index (χ4v) is 5.01. The molecule has 8 nitrogen and oxygen atoms in total. The maximum Gasteiger partial charge on any atom is 0.269 e. The minimum absolute atomic E-state index is 0.0653. The molecule has 1 saturated heterocycles. The van der Waals surface area contributed by atoms with E-state index in [0.29, 0.717) is 17.7 Å². The summed E-state index contributed by atoms with van der Waals surface area (Å²) in [5.41, 5.74) is 0.902. The molecule has 0 aromatic heterocycles. The number of nitrogens with one attached hydrogen (secondary N) is 1. The van der Waals surface area contributed by atoms with Crippen LogP contribution in [0, 0.1) is 40.7 Å². The lowest BCUT2D eigenvalue weighted by molar-refractivity contribution is -0.384. The summed E-state index contributed by atoms with van der Waals surface area (Å²) in [4.78, 5) is 50.7. The highest BCUT2D eigenvalue weighted by Crippen LogP contribution is 2.50. The van der Waals surface area contributed by atoms with E-state index in [9.17, 15) is 24.5 Å². The lowest BCUT2D eigenvalue weighted by atomic mass is 9.63. The predicted molar refractivity (Wildman–Crippen MR) is 105 cm³/mol. The van der Waals surface area contributed by atoms with Gasteiger partial charge in [-0.2, -0.15) is 0 Å². The Morgan fingerprint density at radius 2 is 1.79 bits per heavy atom. The first kappa shape index (κ1) is 19.3. The van der Waals surface area contributed by atoms with E-state index in [-0.39, 0.29) is 41.2 Å². The van der Waals surface area contributed by atoms with Gasteiger partial charge in [-0.25, -0.2) is 0 Å². The van der Waals surface area contributed by atoms with Crippen molar-refractivity contribution in [2.24, 2.45) is 23.7 Å². The summed E-state index contributed by atoms with van der Waals surface area (Å²) in [6, 6.07) is 3.26. The van der Waals surface area contributed by atoms with Crippen molar-refractivity contribution >= 4 is 29.1 Å². The van der Waals surface area contributed by atoms with Crippen molar-refractivity contribution in [3.63, 3.8) is 0 Å².